The average molecular weight is 209 g/mol. The largest absolute Gasteiger partial charge is 0.273 e. The molecule has 0 aliphatic carbocycles. The van der Waals surface area contributed by atoms with Gasteiger partial charge in [-0.2, -0.15) is 0 Å². The zero-order chi connectivity index (χ0) is 10.5. The lowest BCUT2D eigenvalue weighted by Gasteiger charge is -2.06. The second-order valence-electron chi connectivity index (χ2n) is 3.30. The Morgan fingerprint density at radius 3 is 2.38 bits per heavy atom. The first kappa shape index (κ1) is 12.4. The molecular weight excluding hydrogens is 194 g/mol. The summed E-state index contributed by atoms with van der Waals surface area (Å²) < 4.78 is 21.2. The second kappa shape index (κ2) is 5.18. The summed E-state index contributed by atoms with van der Waals surface area (Å²) in [6, 6.07) is 0. The number of rotatable bonds is 5. The number of hydroxylamine groups is 1. The standard InChI is InChI=1S/C7H15NO4S/c1-6(2)4-12-8-7(9)5-13(3,10)11/h6H,4-5H2,1-3H3,(H,8,9). The van der Waals surface area contributed by atoms with Crippen molar-refractivity contribution in [3.63, 3.8) is 0 Å². The van der Waals surface area contributed by atoms with E-state index in [2.05, 4.69) is 5.48 Å². The molecule has 0 saturated carbocycles. The molecule has 5 nitrogen and oxygen atoms in total. The summed E-state index contributed by atoms with van der Waals surface area (Å²) in [5, 5.41) is 0. The van der Waals surface area contributed by atoms with Crippen LogP contribution in [0.2, 0.25) is 0 Å². The zero-order valence-electron chi connectivity index (χ0n) is 8.03. The summed E-state index contributed by atoms with van der Waals surface area (Å²) in [7, 11) is -3.27. The summed E-state index contributed by atoms with van der Waals surface area (Å²) in [4.78, 5) is 15.6. The molecule has 0 radical (unpaired) electrons. The van der Waals surface area contributed by atoms with E-state index in [4.69, 9.17) is 4.84 Å². The Morgan fingerprint density at radius 1 is 1.46 bits per heavy atom. The van der Waals surface area contributed by atoms with Crippen molar-refractivity contribution in [1.82, 2.24) is 5.48 Å². The van der Waals surface area contributed by atoms with Gasteiger partial charge in [-0.25, -0.2) is 13.9 Å². The molecule has 13 heavy (non-hydrogen) atoms. The molecule has 78 valence electrons. The zero-order valence-corrected chi connectivity index (χ0v) is 8.85. The smallest absolute Gasteiger partial charge is 0.258 e. The van der Waals surface area contributed by atoms with Crippen LogP contribution in [0.5, 0.6) is 0 Å². The van der Waals surface area contributed by atoms with Gasteiger partial charge in [0.05, 0.1) is 6.61 Å². The fourth-order valence-electron chi connectivity index (χ4n) is 0.556. The Kier molecular flexibility index (Phi) is 4.94. The number of carbonyl (C=O) groups excluding carboxylic acids is 1. The van der Waals surface area contributed by atoms with E-state index in [1.807, 2.05) is 13.8 Å². The Hall–Kier alpha value is -0.620. The van der Waals surface area contributed by atoms with Crippen LogP contribution in [-0.4, -0.2) is 32.9 Å². The summed E-state index contributed by atoms with van der Waals surface area (Å²) in [6.45, 7) is 4.21. The van der Waals surface area contributed by atoms with Gasteiger partial charge in [-0.15, -0.1) is 0 Å². The number of amides is 1. The topological polar surface area (TPSA) is 72.5 Å². The summed E-state index contributed by atoms with van der Waals surface area (Å²) >= 11 is 0. The van der Waals surface area contributed by atoms with Crippen LogP contribution in [0.25, 0.3) is 0 Å². The monoisotopic (exact) mass is 209 g/mol. The van der Waals surface area contributed by atoms with Gasteiger partial charge in [0.25, 0.3) is 5.91 Å². The van der Waals surface area contributed by atoms with Crippen LogP contribution in [0.15, 0.2) is 0 Å². The third-order valence-electron chi connectivity index (χ3n) is 0.996. The van der Waals surface area contributed by atoms with Gasteiger partial charge in [-0.05, 0) is 5.92 Å². The minimum atomic E-state index is -3.27. The highest BCUT2D eigenvalue weighted by molar-refractivity contribution is 7.91. The van der Waals surface area contributed by atoms with Gasteiger partial charge in [-0.3, -0.25) is 9.63 Å². The van der Waals surface area contributed by atoms with Crippen LogP contribution in [0, 0.1) is 5.92 Å². The van der Waals surface area contributed by atoms with E-state index >= 15 is 0 Å². The number of carbonyl (C=O) groups is 1. The van der Waals surface area contributed by atoms with Crippen LogP contribution in [0.4, 0.5) is 0 Å². The van der Waals surface area contributed by atoms with Crippen molar-refractivity contribution in [3.05, 3.63) is 0 Å². The van der Waals surface area contributed by atoms with Gasteiger partial charge >= 0.3 is 0 Å². The van der Waals surface area contributed by atoms with Crippen molar-refractivity contribution in [1.29, 1.82) is 0 Å². The van der Waals surface area contributed by atoms with Crippen molar-refractivity contribution >= 4 is 15.7 Å². The molecule has 0 spiro atoms. The van der Waals surface area contributed by atoms with Crippen LogP contribution in [0.1, 0.15) is 13.8 Å². The molecule has 0 fully saturated rings. The molecule has 0 rings (SSSR count). The molecule has 0 atom stereocenters. The van der Waals surface area contributed by atoms with Gasteiger partial charge in [0, 0.05) is 6.26 Å². The number of hydrogen-bond donors (Lipinski definition) is 1. The lowest BCUT2D eigenvalue weighted by atomic mass is 10.2. The minimum absolute atomic E-state index is 0.290. The van der Waals surface area contributed by atoms with E-state index < -0.39 is 21.5 Å². The maximum absolute atomic E-state index is 10.8. The van der Waals surface area contributed by atoms with Crippen molar-refractivity contribution in [2.24, 2.45) is 5.92 Å². The van der Waals surface area contributed by atoms with Gasteiger partial charge in [0.1, 0.15) is 5.75 Å². The second-order valence-corrected chi connectivity index (χ2v) is 5.44. The highest BCUT2D eigenvalue weighted by Crippen LogP contribution is 1.90. The predicted molar refractivity (Wildman–Crippen MR) is 48.6 cm³/mol. The summed E-state index contributed by atoms with van der Waals surface area (Å²) in [6.07, 6.45) is 0.995. The van der Waals surface area contributed by atoms with E-state index in [1.165, 1.54) is 0 Å². The van der Waals surface area contributed by atoms with Gasteiger partial charge in [0.2, 0.25) is 0 Å². The molecule has 0 unspecified atom stereocenters. The first-order chi connectivity index (χ1) is 5.81. The van der Waals surface area contributed by atoms with Gasteiger partial charge < -0.3 is 0 Å². The van der Waals surface area contributed by atoms with E-state index in [0.29, 0.717) is 12.5 Å². The Balaban J connectivity index is 3.65. The summed E-state index contributed by atoms with van der Waals surface area (Å²) in [5.74, 6) is -0.882. The fraction of sp³-hybridized carbons (Fsp3) is 0.857. The van der Waals surface area contributed by atoms with E-state index in [0.717, 1.165) is 6.26 Å². The summed E-state index contributed by atoms with van der Waals surface area (Å²) in [5.41, 5.74) is 2.05. The Bertz CT molecular complexity index is 258. The lowest BCUT2D eigenvalue weighted by molar-refractivity contribution is -0.131. The molecule has 0 aromatic rings. The highest BCUT2D eigenvalue weighted by Gasteiger charge is 2.10. The molecule has 0 aliphatic rings. The molecule has 1 N–H and O–H groups in total. The molecule has 0 aliphatic heterocycles. The maximum Gasteiger partial charge on any atom is 0.258 e. The van der Waals surface area contributed by atoms with Crippen LogP contribution in [-0.2, 0) is 19.5 Å². The van der Waals surface area contributed by atoms with Crippen LogP contribution < -0.4 is 5.48 Å². The van der Waals surface area contributed by atoms with E-state index in [9.17, 15) is 13.2 Å². The lowest BCUT2D eigenvalue weighted by Crippen LogP contribution is -2.31. The highest BCUT2D eigenvalue weighted by atomic mass is 32.2. The third-order valence-corrected chi connectivity index (χ3v) is 1.78. The molecule has 0 aromatic heterocycles. The number of hydrogen-bond acceptors (Lipinski definition) is 4. The Morgan fingerprint density at radius 2 is 2.00 bits per heavy atom. The molecular formula is C7H15NO4S. The predicted octanol–water partition coefficient (Wildman–Crippen LogP) is -0.265. The van der Waals surface area contributed by atoms with E-state index in [-0.39, 0.29) is 0 Å². The normalized spacial score (nSPS) is 11.7. The molecule has 0 bridgehead atoms. The number of sulfone groups is 1. The number of nitrogens with one attached hydrogen (secondary N) is 1. The van der Waals surface area contributed by atoms with Crippen LogP contribution >= 0.6 is 0 Å². The molecule has 1 amide bonds. The SMILES string of the molecule is CC(C)CONC(=O)CS(C)(=O)=O. The van der Waals surface area contributed by atoms with E-state index in [1.54, 1.807) is 0 Å². The molecule has 0 aromatic carbocycles. The molecule has 0 saturated heterocycles. The maximum atomic E-state index is 10.8. The quantitative estimate of drug-likeness (QED) is 0.633. The van der Waals surface area contributed by atoms with Crippen molar-refractivity contribution in [3.8, 4) is 0 Å². The fourth-order valence-corrected chi connectivity index (χ4v) is 1.09. The third kappa shape index (κ3) is 9.29. The molecule has 6 heteroatoms. The van der Waals surface area contributed by atoms with Crippen molar-refractivity contribution in [2.45, 2.75) is 13.8 Å². The van der Waals surface area contributed by atoms with Crippen molar-refractivity contribution < 1.29 is 18.0 Å². The van der Waals surface area contributed by atoms with Gasteiger partial charge in [-0.1, -0.05) is 13.8 Å². The van der Waals surface area contributed by atoms with Crippen molar-refractivity contribution in [2.75, 3.05) is 18.6 Å². The molecule has 0 heterocycles. The first-order valence-electron chi connectivity index (χ1n) is 3.89. The average Bonchev–Trinajstić information content (AvgIpc) is 1.81. The first-order valence-corrected chi connectivity index (χ1v) is 5.95. The van der Waals surface area contributed by atoms with Crippen LogP contribution in [0.3, 0.4) is 0 Å². The minimum Gasteiger partial charge on any atom is -0.273 e. The Labute approximate surface area is 78.3 Å². The van der Waals surface area contributed by atoms with Gasteiger partial charge in [0.15, 0.2) is 9.84 Å².